The van der Waals surface area contributed by atoms with Crippen LogP contribution < -0.4 is 21.2 Å². The molecule has 0 saturated carbocycles. The van der Waals surface area contributed by atoms with Crippen molar-refractivity contribution < 1.29 is 10.0 Å². The highest BCUT2D eigenvalue weighted by molar-refractivity contribution is 7.95. The van der Waals surface area contributed by atoms with Crippen molar-refractivity contribution in [3.63, 3.8) is 0 Å². The molecule has 4 nitrogen and oxygen atoms in total. The average molecular weight is 518 g/mol. The van der Waals surface area contributed by atoms with Gasteiger partial charge in [-0.05, 0) is 89.3 Å². The third-order valence-electron chi connectivity index (χ3n) is 8.15. The van der Waals surface area contributed by atoms with Gasteiger partial charge in [0.1, 0.15) is 23.2 Å². The van der Waals surface area contributed by atoms with Crippen molar-refractivity contribution in [1.82, 2.24) is 10.4 Å². The van der Waals surface area contributed by atoms with Gasteiger partial charge < -0.3 is 10.5 Å². The molecule has 3 aromatic carbocycles. The fourth-order valence-corrected chi connectivity index (χ4v) is 10.5. The number of carbonyl (C=O) groups excluding carboxylic acids is 1. The van der Waals surface area contributed by atoms with Gasteiger partial charge in [-0.1, -0.05) is 54.6 Å². The second-order valence-corrected chi connectivity index (χ2v) is 15.1. The van der Waals surface area contributed by atoms with Gasteiger partial charge in [-0.25, -0.2) is 0 Å². The number of hydroxylamine groups is 2. The van der Waals surface area contributed by atoms with Crippen LogP contribution in [0.2, 0.25) is 0 Å². The first-order valence-corrected chi connectivity index (χ1v) is 15.5. The maximum Gasteiger partial charge on any atom is 0.220 e. The first-order valence-electron chi connectivity index (χ1n) is 13.5. The Hall–Kier alpha value is -2.52. The zero-order valence-corrected chi connectivity index (χ0v) is 23.6. The second kappa shape index (κ2) is 11.5. The fraction of sp³-hybridized carbons (Fsp3) is 0.406. The molecule has 37 heavy (non-hydrogen) atoms. The van der Waals surface area contributed by atoms with Gasteiger partial charge in [-0.2, -0.15) is 5.06 Å². The number of carbonyl (C=O) groups is 1. The van der Waals surface area contributed by atoms with Gasteiger partial charge in [0.2, 0.25) is 5.91 Å². The molecule has 0 bridgehead atoms. The second-order valence-electron chi connectivity index (χ2n) is 11.5. The van der Waals surface area contributed by atoms with E-state index in [2.05, 4.69) is 124 Å². The van der Waals surface area contributed by atoms with Crippen LogP contribution in [0.15, 0.2) is 91.0 Å². The number of rotatable bonds is 10. The summed E-state index contributed by atoms with van der Waals surface area (Å²) in [4.78, 5) is 12.8. The van der Waals surface area contributed by atoms with E-state index in [0.29, 0.717) is 13.0 Å². The Morgan fingerprint density at radius 3 is 1.70 bits per heavy atom. The third-order valence-corrected chi connectivity index (χ3v) is 12.7. The Morgan fingerprint density at radius 2 is 1.30 bits per heavy atom. The van der Waals surface area contributed by atoms with Crippen LogP contribution in [0.4, 0.5) is 0 Å². The minimum absolute atomic E-state index is 0.105. The Balaban J connectivity index is 1.44. The van der Waals surface area contributed by atoms with Gasteiger partial charge in [0.15, 0.2) is 0 Å². The summed E-state index contributed by atoms with van der Waals surface area (Å²) in [6.45, 7) is 8.81. The molecule has 1 fully saturated rings. The van der Waals surface area contributed by atoms with Crippen LogP contribution in [0, 0.1) is 5.92 Å². The summed E-state index contributed by atoms with van der Waals surface area (Å²) in [6.07, 6.45) is 4.24. The zero-order chi connectivity index (χ0) is 26.5. The molecule has 5 heteroatoms. The Labute approximate surface area is 223 Å². The molecule has 196 valence electrons. The number of nitrogens with one attached hydrogen (secondary N) is 1. The molecular weight excluding hydrogens is 475 g/mol. The minimum atomic E-state index is -1.85. The molecular formula is C32H42N2O2P+. The van der Waals surface area contributed by atoms with Crippen molar-refractivity contribution in [2.45, 2.75) is 64.5 Å². The topological polar surface area (TPSA) is 52.6 Å². The summed E-state index contributed by atoms with van der Waals surface area (Å²) < 4.78 is 0. The number of hydrogen-bond donors (Lipinski definition) is 2. The van der Waals surface area contributed by atoms with Crippen LogP contribution in [-0.4, -0.2) is 40.0 Å². The smallest absolute Gasteiger partial charge is 0.220 e. The number of amides is 1. The molecule has 1 atom stereocenters. The summed E-state index contributed by atoms with van der Waals surface area (Å²) >= 11 is 0. The number of hydrogen-bond acceptors (Lipinski definition) is 3. The predicted molar refractivity (Wildman–Crippen MR) is 157 cm³/mol. The Morgan fingerprint density at radius 1 is 0.838 bits per heavy atom. The van der Waals surface area contributed by atoms with Gasteiger partial charge >= 0.3 is 0 Å². The molecule has 0 radical (unpaired) electrons. The molecule has 1 aliphatic rings. The summed E-state index contributed by atoms with van der Waals surface area (Å²) in [5.74, 6) is 0.317. The van der Waals surface area contributed by atoms with E-state index in [0.717, 1.165) is 25.4 Å². The number of nitrogens with zero attached hydrogens (tertiary/aromatic N) is 1. The summed E-state index contributed by atoms with van der Waals surface area (Å²) in [6, 6.07) is 32.7. The van der Waals surface area contributed by atoms with E-state index in [9.17, 15) is 10.0 Å². The lowest BCUT2D eigenvalue weighted by Gasteiger charge is -2.36. The average Bonchev–Trinajstić information content (AvgIpc) is 3.07. The molecule has 2 N–H and O–H groups in total. The van der Waals surface area contributed by atoms with Gasteiger partial charge in [-0.3, -0.25) is 4.79 Å². The SMILES string of the molecule is CC1(C)CC(CNC(=O)CCCC[P+](c2ccccc2)(c2ccccc2)c2ccccc2)C(C)(C)N1O. The van der Waals surface area contributed by atoms with E-state index in [1.54, 1.807) is 0 Å². The maximum absolute atomic E-state index is 12.8. The van der Waals surface area contributed by atoms with Gasteiger partial charge in [0.05, 0.1) is 6.16 Å². The molecule has 1 saturated heterocycles. The maximum atomic E-state index is 12.8. The first kappa shape index (κ1) is 27.5. The van der Waals surface area contributed by atoms with Crippen LogP contribution in [-0.2, 0) is 4.79 Å². The van der Waals surface area contributed by atoms with Crippen LogP contribution in [0.1, 0.15) is 53.4 Å². The van der Waals surface area contributed by atoms with E-state index < -0.39 is 7.26 Å². The Bertz CT molecular complexity index is 1050. The zero-order valence-electron chi connectivity index (χ0n) is 22.7. The largest absolute Gasteiger partial charge is 0.356 e. The molecule has 1 unspecified atom stereocenters. The molecule has 0 spiro atoms. The highest BCUT2D eigenvalue weighted by Gasteiger charge is 2.51. The fourth-order valence-electron chi connectivity index (χ4n) is 6.06. The molecule has 0 aromatic heterocycles. The monoisotopic (exact) mass is 517 g/mol. The van der Waals surface area contributed by atoms with Gasteiger partial charge in [0, 0.05) is 24.0 Å². The van der Waals surface area contributed by atoms with Gasteiger partial charge in [0.25, 0.3) is 0 Å². The van der Waals surface area contributed by atoms with E-state index >= 15 is 0 Å². The van der Waals surface area contributed by atoms with E-state index in [-0.39, 0.29) is 22.9 Å². The van der Waals surface area contributed by atoms with E-state index in [4.69, 9.17) is 0 Å². The third kappa shape index (κ3) is 5.82. The normalized spacial score (nSPS) is 19.0. The molecule has 0 aliphatic carbocycles. The van der Waals surface area contributed by atoms with E-state index in [1.807, 2.05) is 0 Å². The molecule has 4 rings (SSSR count). The van der Waals surface area contributed by atoms with Gasteiger partial charge in [-0.15, -0.1) is 0 Å². The van der Waals surface area contributed by atoms with Crippen LogP contribution in [0.25, 0.3) is 0 Å². The summed E-state index contributed by atoms with van der Waals surface area (Å²) in [5.41, 5.74) is -0.639. The standard InChI is InChI=1S/C32H41N2O2P/c1-31(2)24-26(32(3,4)34(31)36)25-33-30(35)22-14-15-23-37(27-16-8-5-9-17-27,28-18-10-6-11-19-28)29-20-12-7-13-21-29/h5-13,16-21,26,36H,14-15,22-25H2,1-4H3/p+1. The van der Waals surface area contributed by atoms with Crippen molar-refractivity contribution in [1.29, 1.82) is 0 Å². The minimum Gasteiger partial charge on any atom is -0.356 e. The van der Waals surface area contributed by atoms with Crippen molar-refractivity contribution in [2.75, 3.05) is 12.7 Å². The van der Waals surface area contributed by atoms with Crippen molar-refractivity contribution in [2.24, 2.45) is 5.92 Å². The first-order chi connectivity index (χ1) is 17.7. The predicted octanol–water partition coefficient (Wildman–Crippen LogP) is 5.54. The summed E-state index contributed by atoms with van der Waals surface area (Å²) in [7, 11) is -1.85. The quantitative estimate of drug-likeness (QED) is 0.274. The van der Waals surface area contributed by atoms with Crippen LogP contribution in [0.3, 0.4) is 0 Å². The van der Waals surface area contributed by atoms with Crippen molar-refractivity contribution >= 4 is 29.1 Å². The lowest BCUT2D eigenvalue weighted by Crippen LogP contribution is -2.48. The van der Waals surface area contributed by atoms with Crippen LogP contribution >= 0.6 is 7.26 Å². The van der Waals surface area contributed by atoms with E-state index in [1.165, 1.54) is 21.0 Å². The molecule has 1 amide bonds. The number of unbranched alkanes of at least 4 members (excludes halogenated alkanes) is 1. The highest BCUT2D eigenvalue weighted by atomic mass is 31.2. The molecule has 1 heterocycles. The lowest BCUT2D eigenvalue weighted by molar-refractivity contribution is -0.196. The Kier molecular flexibility index (Phi) is 8.53. The number of benzene rings is 3. The van der Waals surface area contributed by atoms with Crippen LogP contribution in [0.5, 0.6) is 0 Å². The molecule has 3 aromatic rings. The van der Waals surface area contributed by atoms with Crippen molar-refractivity contribution in [3.05, 3.63) is 91.0 Å². The summed E-state index contributed by atoms with van der Waals surface area (Å²) in [5, 5.41) is 19.4. The lowest BCUT2D eigenvalue weighted by atomic mass is 9.87. The molecule has 1 aliphatic heterocycles. The highest BCUT2D eigenvalue weighted by Crippen LogP contribution is 2.56. The van der Waals surface area contributed by atoms with Crippen molar-refractivity contribution in [3.8, 4) is 0 Å².